The molecule has 0 saturated carbocycles. The molecule has 0 aromatic carbocycles. The molecule has 0 N–H and O–H groups in total. The zero-order valence-electron chi connectivity index (χ0n) is 10.8. The lowest BCUT2D eigenvalue weighted by Gasteiger charge is -1.92. The Kier molecular flexibility index (Phi) is 6.59. The molecule has 0 saturated heterocycles. The Labute approximate surface area is 143 Å². The zero-order chi connectivity index (χ0) is 17.6. The first-order valence-corrected chi connectivity index (χ1v) is 6.57. The van der Waals surface area contributed by atoms with E-state index in [1.807, 2.05) is 0 Å². The summed E-state index contributed by atoms with van der Waals surface area (Å²) in [6, 6.07) is 6.51. The molecule has 0 aliphatic heterocycles. The van der Waals surface area contributed by atoms with E-state index < -0.39 is 9.85 Å². The SMILES string of the molecule is N#Cc1nc(Cl)ccc1[N+](=O)[O-].O=[N+]([O-])c1ccc(Cl)nc1Cl. The van der Waals surface area contributed by atoms with Crippen LogP contribution in [0.3, 0.4) is 0 Å². The molecule has 2 aromatic heterocycles. The van der Waals surface area contributed by atoms with Crippen molar-refractivity contribution in [2.24, 2.45) is 0 Å². The maximum absolute atomic E-state index is 10.3. The summed E-state index contributed by atoms with van der Waals surface area (Å²) in [5.74, 6) is 0. The number of nitrogens with zero attached hydrogens (tertiary/aromatic N) is 5. The topological polar surface area (TPSA) is 136 Å². The van der Waals surface area contributed by atoms with Crippen molar-refractivity contribution in [1.29, 1.82) is 5.26 Å². The molecule has 0 amide bonds. The summed E-state index contributed by atoms with van der Waals surface area (Å²) in [5.41, 5.74) is -0.842. The Morgan fingerprint density at radius 1 is 0.913 bits per heavy atom. The highest BCUT2D eigenvalue weighted by Crippen LogP contribution is 2.23. The lowest BCUT2D eigenvalue weighted by Crippen LogP contribution is -1.94. The quantitative estimate of drug-likeness (QED) is 0.441. The van der Waals surface area contributed by atoms with Crippen LogP contribution in [0.1, 0.15) is 5.69 Å². The van der Waals surface area contributed by atoms with Crippen molar-refractivity contribution in [2.45, 2.75) is 0 Å². The van der Waals surface area contributed by atoms with E-state index in [1.54, 1.807) is 6.07 Å². The van der Waals surface area contributed by atoms with Gasteiger partial charge in [-0.3, -0.25) is 20.2 Å². The molecule has 0 fully saturated rings. The fraction of sp³-hybridized carbons (Fsp3) is 0. The first-order chi connectivity index (χ1) is 10.8. The standard InChI is InChI=1S/C6H2ClN3O2.C5H2Cl2N2O2/c7-6-2-1-5(10(11)12)4(3-8)9-6;6-4-2-1-3(9(10)11)5(7)8-4/h1-2H;1-2H. The second kappa shape index (κ2) is 8.19. The van der Waals surface area contributed by atoms with Gasteiger partial charge < -0.3 is 0 Å². The largest absolute Gasteiger partial charge is 0.306 e. The third-order valence-electron chi connectivity index (χ3n) is 2.13. The van der Waals surface area contributed by atoms with Crippen LogP contribution < -0.4 is 0 Å². The van der Waals surface area contributed by atoms with Crippen LogP contribution in [0.5, 0.6) is 0 Å². The number of rotatable bonds is 2. The number of pyridine rings is 2. The van der Waals surface area contributed by atoms with Gasteiger partial charge in [-0.25, -0.2) is 9.97 Å². The minimum atomic E-state index is -0.679. The monoisotopic (exact) mass is 375 g/mol. The normalized spacial score (nSPS) is 9.30. The first kappa shape index (κ1) is 18.5. The molecule has 12 heteroatoms. The van der Waals surface area contributed by atoms with Crippen molar-refractivity contribution in [3.63, 3.8) is 0 Å². The maximum atomic E-state index is 10.3. The third-order valence-corrected chi connectivity index (χ3v) is 2.83. The van der Waals surface area contributed by atoms with Gasteiger partial charge in [0, 0.05) is 12.1 Å². The van der Waals surface area contributed by atoms with Crippen LogP contribution in [-0.2, 0) is 0 Å². The second-order valence-electron chi connectivity index (χ2n) is 3.57. The van der Waals surface area contributed by atoms with E-state index in [9.17, 15) is 20.2 Å². The van der Waals surface area contributed by atoms with E-state index in [-0.39, 0.29) is 32.5 Å². The minimum absolute atomic E-state index is 0.0668. The van der Waals surface area contributed by atoms with Gasteiger partial charge in [0.25, 0.3) is 0 Å². The Morgan fingerprint density at radius 2 is 1.39 bits per heavy atom. The van der Waals surface area contributed by atoms with Gasteiger partial charge in [-0.1, -0.05) is 34.8 Å². The summed E-state index contributed by atoms with van der Waals surface area (Å²) in [4.78, 5) is 26.1. The summed E-state index contributed by atoms with van der Waals surface area (Å²) in [6.45, 7) is 0. The summed E-state index contributed by atoms with van der Waals surface area (Å²) < 4.78 is 0. The molecule has 0 atom stereocenters. The Bertz CT molecular complexity index is 809. The third kappa shape index (κ3) is 5.30. The van der Waals surface area contributed by atoms with Crippen LogP contribution in [0.2, 0.25) is 15.5 Å². The average Bonchev–Trinajstić information content (AvgIpc) is 2.46. The van der Waals surface area contributed by atoms with Gasteiger partial charge >= 0.3 is 11.4 Å². The lowest BCUT2D eigenvalue weighted by atomic mass is 10.3. The van der Waals surface area contributed by atoms with Crippen molar-refractivity contribution in [3.8, 4) is 6.07 Å². The van der Waals surface area contributed by atoms with Gasteiger partial charge in [0.1, 0.15) is 16.4 Å². The highest BCUT2D eigenvalue weighted by Gasteiger charge is 2.14. The van der Waals surface area contributed by atoms with Gasteiger partial charge in [-0.05, 0) is 12.1 Å². The number of hydrogen-bond donors (Lipinski definition) is 0. The molecule has 2 aromatic rings. The van der Waals surface area contributed by atoms with Crippen LogP contribution in [0.4, 0.5) is 11.4 Å². The molecule has 9 nitrogen and oxygen atoms in total. The summed E-state index contributed by atoms with van der Waals surface area (Å²) in [5, 5.41) is 28.9. The van der Waals surface area contributed by atoms with E-state index in [0.717, 1.165) is 6.07 Å². The molecular formula is C11H4Cl3N5O4. The molecule has 0 aliphatic rings. The molecule has 23 heavy (non-hydrogen) atoms. The Morgan fingerprint density at radius 3 is 1.83 bits per heavy atom. The summed E-state index contributed by atoms with van der Waals surface area (Å²) in [7, 11) is 0. The summed E-state index contributed by atoms with van der Waals surface area (Å²) in [6.07, 6.45) is 0. The summed E-state index contributed by atoms with van der Waals surface area (Å²) >= 11 is 16.2. The smallest absolute Gasteiger partial charge is 0.258 e. The predicted molar refractivity (Wildman–Crippen MR) is 81.5 cm³/mol. The Hall–Kier alpha value is -2.54. The van der Waals surface area contributed by atoms with Gasteiger partial charge in [-0.15, -0.1) is 0 Å². The minimum Gasteiger partial charge on any atom is -0.258 e. The number of nitriles is 1. The van der Waals surface area contributed by atoms with Gasteiger partial charge in [0.05, 0.1) is 9.85 Å². The fourth-order valence-corrected chi connectivity index (χ4v) is 1.76. The van der Waals surface area contributed by atoms with Crippen LogP contribution >= 0.6 is 34.8 Å². The van der Waals surface area contributed by atoms with Crippen LogP contribution in [0, 0.1) is 31.6 Å². The van der Waals surface area contributed by atoms with Crippen molar-refractivity contribution in [2.75, 3.05) is 0 Å². The molecule has 0 radical (unpaired) electrons. The van der Waals surface area contributed by atoms with Crippen molar-refractivity contribution >= 4 is 46.2 Å². The molecule has 0 spiro atoms. The van der Waals surface area contributed by atoms with Crippen LogP contribution in [0.25, 0.3) is 0 Å². The van der Waals surface area contributed by atoms with Gasteiger partial charge in [0.2, 0.25) is 10.8 Å². The fourth-order valence-electron chi connectivity index (χ4n) is 1.20. The van der Waals surface area contributed by atoms with Crippen LogP contribution in [0.15, 0.2) is 24.3 Å². The number of halogens is 3. The highest BCUT2D eigenvalue weighted by molar-refractivity contribution is 6.33. The predicted octanol–water partition coefficient (Wildman–Crippen LogP) is 3.81. The van der Waals surface area contributed by atoms with Crippen molar-refractivity contribution in [1.82, 2.24) is 9.97 Å². The highest BCUT2D eigenvalue weighted by atomic mass is 35.5. The van der Waals surface area contributed by atoms with E-state index in [1.165, 1.54) is 18.2 Å². The average molecular weight is 377 g/mol. The molecule has 0 unspecified atom stereocenters. The van der Waals surface area contributed by atoms with E-state index in [4.69, 9.17) is 40.1 Å². The maximum Gasteiger partial charge on any atom is 0.306 e. The molecule has 2 rings (SSSR count). The molecule has 2 heterocycles. The van der Waals surface area contributed by atoms with Crippen LogP contribution in [-0.4, -0.2) is 19.8 Å². The molecular weight excluding hydrogens is 373 g/mol. The molecule has 0 bridgehead atoms. The van der Waals surface area contributed by atoms with Gasteiger partial charge in [-0.2, -0.15) is 5.26 Å². The van der Waals surface area contributed by atoms with Crippen molar-refractivity contribution < 1.29 is 9.85 Å². The number of hydrogen-bond acceptors (Lipinski definition) is 7. The molecule has 0 aliphatic carbocycles. The van der Waals surface area contributed by atoms with Crippen molar-refractivity contribution in [3.05, 3.63) is 65.6 Å². The lowest BCUT2D eigenvalue weighted by molar-refractivity contribution is -0.385. The number of nitro groups is 2. The number of aromatic nitrogens is 2. The van der Waals surface area contributed by atoms with E-state index >= 15 is 0 Å². The van der Waals surface area contributed by atoms with E-state index in [2.05, 4.69) is 9.97 Å². The van der Waals surface area contributed by atoms with E-state index in [0.29, 0.717) is 0 Å². The zero-order valence-corrected chi connectivity index (χ0v) is 13.1. The molecule has 118 valence electrons. The van der Waals surface area contributed by atoms with Gasteiger partial charge in [0.15, 0.2) is 0 Å². The second-order valence-corrected chi connectivity index (χ2v) is 4.70. The Balaban J connectivity index is 0.000000231. The first-order valence-electron chi connectivity index (χ1n) is 5.43.